The van der Waals surface area contributed by atoms with Crippen LogP contribution in [-0.4, -0.2) is 24.2 Å². The van der Waals surface area contributed by atoms with Crippen LogP contribution in [0.3, 0.4) is 0 Å². The van der Waals surface area contributed by atoms with Gasteiger partial charge in [0, 0.05) is 0 Å². The quantitative estimate of drug-likeness (QED) is 0.596. The molecule has 5 heteroatoms. The fourth-order valence-electron chi connectivity index (χ4n) is 1.11. The topological polar surface area (TPSA) is 58.2 Å². The molecule has 2 atom stereocenters. The van der Waals surface area contributed by atoms with Crippen LogP contribution in [0.15, 0.2) is 0 Å². The van der Waals surface area contributed by atoms with Crippen molar-refractivity contribution in [2.24, 2.45) is 5.92 Å². The Morgan fingerprint density at radius 3 is 2.50 bits per heavy atom. The number of rotatable bonds is 1. The van der Waals surface area contributed by atoms with Crippen LogP contribution in [0.25, 0.3) is 0 Å². The highest BCUT2D eigenvalue weighted by atomic mass is 19.1. The summed E-state index contributed by atoms with van der Waals surface area (Å²) in [6.45, 7) is 3.49. The first-order valence-electron chi connectivity index (χ1n) is 3.78. The molecule has 4 nitrogen and oxygen atoms in total. The average molecular weight is 174 g/mol. The maximum atomic E-state index is 13.0. The van der Waals surface area contributed by atoms with Gasteiger partial charge in [0.1, 0.15) is 0 Å². The van der Waals surface area contributed by atoms with Crippen LogP contribution in [0.5, 0.6) is 0 Å². The molecule has 1 aliphatic rings. The van der Waals surface area contributed by atoms with Crippen molar-refractivity contribution < 1.29 is 14.0 Å². The van der Waals surface area contributed by atoms with Crippen molar-refractivity contribution in [1.82, 2.24) is 10.6 Å². The van der Waals surface area contributed by atoms with Crippen molar-refractivity contribution in [2.45, 2.75) is 26.1 Å². The molecule has 3 amide bonds. The Hall–Kier alpha value is -1.13. The Morgan fingerprint density at radius 2 is 2.00 bits per heavy atom. The predicted octanol–water partition coefficient (Wildman–Crippen LogP) is 0.188. The van der Waals surface area contributed by atoms with E-state index in [9.17, 15) is 14.0 Å². The third kappa shape index (κ3) is 1.54. The number of imide groups is 1. The minimum Gasteiger partial charge on any atom is -0.331 e. The molecule has 0 aromatic rings. The van der Waals surface area contributed by atoms with Crippen LogP contribution in [0.2, 0.25) is 0 Å². The van der Waals surface area contributed by atoms with Crippen molar-refractivity contribution in [3.05, 3.63) is 0 Å². The van der Waals surface area contributed by atoms with Gasteiger partial charge in [-0.05, 0) is 5.92 Å². The summed E-state index contributed by atoms with van der Waals surface area (Å²) in [5.74, 6) is -0.938. The zero-order valence-electron chi connectivity index (χ0n) is 6.93. The lowest BCUT2D eigenvalue weighted by Crippen LogP contribution is -2.61. The van der Waals surface area contributed by atoms with Gasteiger partial charge in [-0.2, -0.15) is 0 Å². The van der Waals surface area contributed by atoms with E-state index in [0.717, 1.165) is 0 Å². The molecule has 0 bridgehead atoms. The number of carbonyl (C=O) groups is 2. The lowest BCUT2D eigenvalue weighted by molar-refractivity contribution is -0.127. The summed E-state index contributed by atoms with van der Waals surface area (Å²) in [6.07, 6.45) is -1.64. The van der Waals surface area contributed by atoms with E-state index >= 15 is 0 Å². The number of halogens is 1. The standard InChI is InChI=1S/C7H11FN2O2/c1-3(2)5-4(8)6(11)10-7(12)9-5/h3-5H,1-2H3,(H2,9,10,11,12)/t4-,5-/m1/s1. The average Bonchev–Trinajstić information content (AvgIpc) is 1.96. The molecule has 0 unspecified atom stereocenters. The molecule has 68 valence electrons. The smallest absolute Gasteiger partial charge is 0.321 e. The molecule has 1 heterocycles. The SMILES string of the molecule is CC(C)[C@H]1NC(=O)NC(=O)[C@@H]1F. The summed E-state index contributed by atoms with van der Waals surface area (Å²) in [6, 6.07) is -1.32. The van der Waals surface area contributed by atoms with E-state index in [1.165, 1.54) is 0 Å². The Balaban J connectivity index is 2.73. The van der Waals surface area contributed by atoms with Gasteiger partial charge in [0.05, 0.1) is 6.04 Å². The molecule has 1 rings (SSSR count). The molecular weight excluding hydrogens is 163 g/mol. The number of alkyl halides is 1. The second kappa shape index (κ2) is 3.08. The summed E-state index contributed by atoms with van der Waals surface area (Å²) >= 11 is 0. The van der Waals surface area contributed by atoms with E-state index < -0.39 is 24.2 Å². The second-order valence-electron chi connectivity index (χ2n) is 3.13. The van der Waals surface area contributed by atoms with Crippen LogP contribution >= 0.6 is 0 Å². The maximum Gasteiger partial charge on any atom is 0.321 e. The molecule has 2 N–H and O–H groups in total. The summed E-state index contributed by atoms with van der Waals surface area (Å²) < 4.78 is 13.0. The summed E-state index contributed by atoms with van der Waals surface area (Å²) in [5, 5.41) is 4.20. The van der Waals surface area contributed by atoms with Gasteiger partial charge in [-0.1, -0.05) is 13.8 Å². The highest BCUT2D eigenvalue weighted by molar-refractivity contribution is 5.99. The van der Waals surface area contributed by atoms with Gasteiger partial charge in [0.2, 0.25) is 0 Å². The van der Waals surface area contributed by atoms with Crippen molar-refractivity contribution in [2.75, 3.05) is 0 Å². The predicted molar refractivity (Wildman–Crippen MR) is 40.2 cm³/mol. The Morgan fingerprint density at radius 1 is 1.42 bits per heavy atom. The van der Waals surface area contributed by atoms with Crippen LogP contribution in [0.1, 0.15) is 13.8 Å². The van der Waals surface area contributed by atoms with Gasteiger partial charge in [-0.25, -0.2) is 9.18 Å². The van der Waals surface area contributed by atoms with Crippen molar-refractivity contribution in [3.8, 4) is 0 Å². The van der Waals surface area contributed by atoms with Crippen LogP contribution < -0.4 is 10.6 Å². The highest BCUT2D eigenvalue weighted by Crippen LogP contribution is 2.12. The van der Waals surface area contributed by atoms with Gasteiger partial charge in [0.15, 0.2) is 6.17 Å². The molecule has 1 fully saturated rings. The fraction of sp³-hybridized carbons (Fsp3) is 0.714. The number of urea groups is 1. The highest BCUT2D eigenvalue weighted by Gasteiger charge is 2.36. The molecule has 0 aromatic carbocycles. The summed E-state index contributed by atoms with van der Waals surface area (Å²) in [5.41, 5.74) is 0. The normalized spacial score (nSPS) is 30.0. The molecule has 1 aliphatic heterocycles. The lowest BCUT2D eigenvalue weighted by Gasteiger charge is -2.29. The van der Waals surface area contributed by atoms with Crippen LogP contribution in [0.4, 0.5) is 9.18 Å². The summed E-state index contributed by atoms with van der Waals surface area (Å²) in [7, 11) is 0. The number of nitrogens with one attached hydrogen (secondary N) is 2. The van der Waals surface area contributed by atoms with Gasteiger partial charge in [0.25, 0.3) is 5.91 Å². The maximum absolute atomic E-state index is 13.0. The molecule has 0 radical (unpaired) electrons. The van der Waals surface area contributed by atoms with Crippen LogP contribution in [0, 0.1) is 5.92 Å². The number of hydrogen-bond acceptors (Lipinski definition) is 2. The van der Waals surface area contributed by atoms with Gasteiger partial charge < -0.3 is 5.32 Å². The van der Waals surface area contributed by atoms with E-state index in [1.54, 1.807) is 13.8 Å². The van der Waals surface area contributed by atoms with Gasteiger partial charge in [-0.3, -0.25) is 10.1 Å². The Labute approximate surface area is 69.5 Å². The Bertz CT molecular complexity index is 217. The minimum absolute atomic E-state index is 0.0880. The van der Waals surface area contributed by atoms with Gasteiger partial charge >= 0.3 is 6.03 Å². The number of hydrogen-bond donors (Lipinski definition) is 2. The van der Waals surface area contributed by atoms with Crippen molar-refractivity contribution >= 4 is 11.9 Å². The molecule has 0 saturated carbocycles. The van der Waals surface area contributed by atoms with Crippen molar-refractivity contribution in [1.29, 1.82) is 0 Å². The van der Waals surface area contributed by atoms with Crippen molar-refractivity contribution in [3.63, 3.8) is 0 Å². The lowest BCUT2D eigenvalue weighted by atomic mass is 9.98. The minimum atomic E-state index is -1.64. The molecular formula is C7H11FN2O2. The largest absolute Gasteiger partial charge is 0.331 e. The molecule has 0 aliphatic carbocycles. The second-order valence-corrected chi connectivity index (χ2v) is 3.13. The Kier molecular flexibility index (Phi) is 2.30. The third-order valence-electron chi connectivity index (χ3n) is 1.82. The zero-order chi connectivity index (χ0) is 9.30. The van der Waals surface area contributed by atoms with Crippen LogP contribution in [-0.2, 0) is 4.79 Å². The molecule has 0 spiro atoms. The monoisotopic (exact) mass is 174 g/mol. The first-order valence-corrected chi connectivity index (χ1v) is 3.78. The van der Waals surface area contributed by atoms with Gasteiger partial charge in [-0.15, -0.1) is 0 Å². The summed E-state index contributed by atoms with van der Waals surface area (Å²) in [4.78, 5) is 21.5. The number of carbonyl (C=O) groups excluding carboxylic acids is 2. The molecule has 1 saturated heterocycles. The first kappa shape index (κ1) is 8.96. The van der Waals surface area contributed by atoms with E-state index in [4.69, 9.17) is 0 Å². The number of amides is 3. The third-order valence-corrected chi connectivity index (χ3v) is 1.82. The van der Waals surface area contributed by atoms with E-state index in [-0.39, 0.29) is 5.92 Å². The molecule has 0 aromatic heterocycles. The van der Waals surface area contributed by atoms with E-state index in [1.807, 2.05) is 5.32 Å². The first-order chi connectivity index (χ1) is 5.52. The fourth-order valence-corrected chi connectivity index (χ4v) is 1.11. The van der Waals surface area contributed by atoms with E-state index in [0.29, 0.717) is 0 Å². The van der Waals surface area contributed by atoms with E-state index in [2.05, 4.69) is 5.32 Å². The molecule has 12 heavy (non-hydrogen) atoms. The zero-order valence-corrected chi connectivity index (χ0v) is 6.93.